The zero-order valence-electron chi connectivity index (χ0n) is 11.3. The van der Waals surface area contributed by atoms with Gasteiger partial charge in [-0.1, -0.05) is 29.8 Å². The summed E-state index contributed by atoms with van der Waals surface area (Å²) in [5.41, 5.74) is 1.70. The van der Waals surface area contributed by atoms with E-state index in [0.717, 1.165) is 5.56 Å². The van der Waals surface area contributed by atoms with Gasteiger partial charge in [-0.25, -0.2) is 9.59 Å². The molecule has 102 valence electrons. The van der Waals surface area contributed by atoms with Gasteiger partial charge >= 0.3 is 11.9 Å². The fourth-order valence-corrected chi connectivity index (χ4v) is 1.68. The van der Waals surface area contributed by atoms with Crippen molar-refractivity contribution in [2.24, 2.45) is 0 Å². The molecule has 0 radical (unpaired) electrons. The van der Waals surface area contributed by atoms with Crippen molar-refractivity contribution in [2.75, 3.05) is 7.11 Å². The minimum Gasteiger partial charge on any atom is -0.465 e. The number of aryl methyl sites for hydroxylation is 1. The smallest absolute Gasteiger partial charge is 0.343 e. The normalized spacial score (nSPS) is 9.90. The Balaban J connectivity index is 2.24. The highest BCUT2D eigenvalue weighted by molar-refractivity contribution is 5.96. The molecule has 0 atom stereocenters. The van der Waals surface area contributed by atoms with E-state index in [-0.39, 0.29) is 11.3 Å². The molecule has 2 rings (SSSR count). The first-order valence-corrected chi connectivity index (χ1v) is 6.08. The highest BCUT2D eigenvalue weighted by Gasteiger charge is 2.16. The second-order valence-electron chi connectivity index (χ2n) is 4.24. The highest BCUT2D eigenvalue weighted by atomic mass is 16.5. The maximum absolute atomic E-state index is 12.0. The largest absolute Gasteiger partial charge is 0.465 e. The lowest BCUT2D eigenvalue weighted by atomic mass is 10.1. The third kappa shape index (κ3) is 3.03. The number of hydrogen-bond acceptors (Lipinski definition) is 4. The van der Waals surface area contributed by atoms with Crippen molar-refractivity contribution in [3.8, 4) is 5.75 Å². The SMILES string of the molecule is COC(=O)c1ccccc1OC(=O)c1ccc(C)cc1. The molecule has 0 bridgehead atoms. The van der Waals surface area contributed by atoms with E-state index in [0.29, 0.717) is 5.56 Å². The minimum absolute atomic E-state index is 0.185. The molecule has 2 aromatic carbocycles. The molecule has 20 heavy (non-hydrogen) atoms. The maximum atomic E-state index is 12.0. The fraction of sp³-hybridized carbons (Fsp3) is 0.125. The summed E-state index contributed by atoms with van der Waals surface area (Å²) in [6.07, 6.45) is 0. The van der Waals surface area contributed by atoms with E-state index in [1.54, 1.807) is 36.4 Å². The molecule has 0 aliphatic carbocycles. The topological polar surface area (TPSA) is 52.6 Å². The van der Waals surface area contributed by atoms with E-state index in [9.17, 15) is 9.59 Å². The number of carbonyl (C=O) groups excluding carboxylic acids is 2. The second-order valence-corrected chi connectivity index (χ2v) is 4.24. The molecule has 0 aliphatic heterocycles. The Bertz CT molecular complexity index is 629. The molecule has 4 nitrogen and oxygen atoms in total. The molecule has 0 saturated carbocycles. The minimum atomic E-state index is -0.544. The summed E-state index contributed by atoms with van der Waals surface area (Å²) in [6, 6.07) is 13.5. The van der Waals surface area contributed by atoms with Gasteiger partial charge in [-0.05, 0) is 31.2 Å². The lowest BCUT2D eigenvalue weighted by Crippen LogP contribution is -2.12. The summed E-state index contributed by atoms with van der Waals surface area (Å²) < 4.78 is 9.90. The van der Waals surface area contributed by atoms with Gasteiger partial charge in [0.15, 0.2) is 0 Å². The van der Waals surface area contributed by atoms with E-state index in [2.05, 4.69) is 4.74 Å². The molecule has 0 fully saturated rings. The summed E-state index contributed by atoms with van der Waals surface area (Å²) in [7, 11) is 1.28. The van der Waals surface area contributed by atoms with E-state index >= 15 is 0 Å². The number of benzene rings is 2. The first-order chi connectivity index (χ1) is 9.61. The van der Waals surface area contributed by atoms with E-state index in [1.165, 1.54) is 7.11 Å². The number of rotatable bonds is 3. The molecule has 0 aromatic heterocycles. The summed E-state index contributed by atoms with van der Waals surface area (Å²) in [6.45, 7) is 1.93. The average Bonchev–Trinajstić information content (AvgIpc) is 2.47. The van der Waals surface area contributed by atoms with Gasteiger partial charge in [-0.2, -0.15) is 0 Å². The second kappa shape index (κ2) is 6.02. The molecule has 0 unspecified atom stereocenters. The molecule has 0 amide bonds. The van der Waals surface area contributed by atoms with Crippen LogP contribution in [0.2, 0.25) is 0 Å². The van der Waals surface area contributed by atoms with Crippen LogP contribution in [0.1, 0.15) is 26.3 Å². The van der Waals surface area contributed by atoms with E-state index < -0.39 is 11.9 Å². The average molecular weight is 270 g/mol. The van der Waals surface area contributed by atoms with Gasteiger partial charge in [-0.3, -0.25) is 0 Å². The quantitative estimate of drug-likeness (QED) is 0.635. The zero-order chi connectivity index (χ0) is 14.5. The number of methoxy groups -OCH3 is 1. The van der Waals surface area contributed by atoms with Crippen molar-refractivity contribution in [1.29, 1.82) is 0 Å². The molecule has 0 saturated heterocycles. The number of ether oxygens (including phenoxy) is 2. The van der Waals surface area contributed by atoms with Crippen LogP contribution >= 0.6 is 0 Å². The molecular formula is C16H14O4. The summed E-state index contributed by atoms with van der Waals surface area (Å²) in [5, 5.41) is 0. The van der Waals surface area contributed by atoms with Crippen LogP contribution < -0.4 is 4.74 Å². The van der Waals surface area contributed by atoms with E-state index in [4.69, 9.17) is 4.74 Å². The predicted molar refractivity (Wildman–Crippen MR) is 73.9 cm³/mol. The van der Waals surface area contributed by atoms with E-state index in [1.807, 2.05) is 19.1 Å². The Morgan fingerprint density at radius 2 is 1.55 bits per heavy atom. The van der Waals surface area contributed by atoms with Crippen molar-refractivity contribution < 1.29 is 19.1 Å². The monoisotopic (exact) mass is 270 g/mol. The van der Waals surface area contributed by atoms with Crippen molar-refractivity contribution in [3.05, 3.63) is 65.2 Å². The van der Waals surface area contributed by atoms with Gasteiger partial charge in [0.05, 0.1) is 12.7 Å². The highest BCUT2D eigenvalue weighted by Crippen LogP contribution is 2.20. The van der Waals surface area contributed by atoms with Crippen molar-refractivity contribution in [3.63, 3.8) is 0 Å². The summed E-state index contributed by atoms with van der Waals surface area (Å²) in [5.74, 6) is -0.872. The Kier molecular flexibility index (Phi) is 4.15. The van der Waals surface area contributed by atoms with Crippen LogP contribution in [0.15, 0.2) is 48.5 Å². The first-order valence-electron chi connectivity index (χ1n) is 6.08. The molecule has 4 heteroatoms. The van der Waals surface area contributed by atoms with Crippen LogP contribution in [0.25, 0.3) is 0 Å². The maximum Gasteiger partial charge on any atom is 0.343 e. The van der Waals surface area contributed by atoms with Gasteiger partial charge in [0.25, 0.3) is 0 Å². The van der Waals surface area contributed by atoms with Crippen molar-refractivity contribution in [2.45, 2.75) is 6.92 Å². The van der Waals surface area contributed by atoms with Gasteiger partial charge in [0.2, 0.25) is 0 Å². The third-order valence-corrected chi connectivity index (χ3v) is 2.78. The molecule has 0 heterocycles. The molecular weight excluding hydrogens is 256 g/mol. The van der Waals surface area contributed by atoms with Gasteiger partial charge < -0.3 is 9.47 Å². The van der Waals surface area contributed by atoms with Gasteiger partial charge in [-0.15, -0.1) is 0 Å². The van der Waals surface area contributed by atoms with Gasteiger partial charge in [0.1, 0.15) is 11.3 Å². The molecule has 0 aliphatic rings. The van der Waals surface area contributed by atoms with Crippen LogP contribution in [0, 0.1) is 6.92 Å². The van der Waals surface area contributed by atoms with Crippen LogP contribution in [0.3, 0.4) is 0 Å². The molecule has 0 N–H and O–H groups in total. The third-order valence-electron chi connectivity index (χ3n) is 2.78. The van der Waals surface area contributed by atoms with Crippen LogP contribution in [0.4, 0.5) is 0 Å². The van der Waals surface area contributed by atoms with Crippen LogP contribution in [0.5, 0.6) is 5.75 Å². The Morgan fingerprint density at radius 1 is 0.900 bits per heavy atom. The number of hydrogen-bond donors (Lipinski definition) is 0. The number of esters is 2. The fourth-order valence-electron chi connectivity index (χ4n) is 1.68. The summed E-state index contributed by atoms with van der Waals surface area (Å²) in [4.78, 5) is 23.6. The Hall–Kier alpha value is -2.62. The Morgan fingerprint density at radius 3 is 2.20 bits per heavy atom. The van der Waals surface area contributed by atoms with Crippen LogP contribution in [-0.2, 0) is 4.74 Å². The van der Waals surface area contributed by atoms with Gasteiger partial charge in [0, 0.05) is 0 Å². The standard InChI is InChI=1S/C16H14O4/c1-11-7-9-12(10-8-11)15(17)20-14-6-4-3-5-13(14)16(18)19-2/h3-10H,1-2H3. The van der Waals surface area contributed by atoms with Crippen LogP contribution in [-0.4, -0.2) is 19.0 Å². The predicted octanol–water partition coefficient (Wildman–Crippen LogP) is 3.00. The Labute approximate surface area is 116 Å². The number of para-hydroxylation sites is 1. The lowest BCUT2D eigenvalue weighted by molar-refractivity contribution is 0.0593. The molecule has 0 spiro atoms. The number of carbonyl (C=O) groups is 2. The first kappa shape index (κ1) is 13.8. The van der Waals surface area contributed by atoms with Crippen molar-refractivity contribution in [1.82, 2.24) is 0 Å². The van der Waals surface area contributed by atoms with Crippen molar-refractivity contribution >= 4 is 11.9 Å². The summed E-state index contributed by atoms with van der Waals surface area (Å²) >= 11 is 0. The molecule has 2 aromatic rings. The zero-order valence-corrected chi connectivity index (χ0v) is 11.3. The lowest BCUT2D eigenvalue weighted by Gasteiger charge is -2.08.